The molecule has 14 heteroatoms. The van der Waals surface area contributed by atoms with Crippen LogP contribution in [0.15, 0.2) is 46.0 Å². The minimum atomic E-state index is -1.26. The van der Waals surface area contributed by atoms with E-state index in [-0.39, 0.29) is 19.1 Å². The predicted molar refractivity (Wildman–Crippen MR) is 160 cm³/mol. The Balaban J connectivity index is 0.000000467. The van der Waals surface area contributed by atoms with E-state index in [2.05, 4.69) is 26.7 Å². The summed E-state index contributed by atoms with van der Waals surface area (Å²) in [5.74, 6) is 4.44. The molecule has 1 fully saturated rings. The Morgan fingerprint density at radius 2 is 1.79 bits per heavy atom. The van der Waals surface area contributed by atoms with Gasteiger partial charge in [0.1, 0.15) is 5.82 Å². The quantitative estimate of drug-likeness (QED) is 0.214. The zero-order valence-corrected chi connectivity index (χ0v) is 24.0. The summed E-state index contributed by atoms with van der Waals surface area (Å²) in [6, 6.07) is 7.71. The van der Waals surface area contributed by atoms with Gasteiger partial charge < -0.3 is 20.8 Å². The molecular weight excluding hydrogens is 556 g/mol. The second kappa shape index (κ2) is 13.1. The number of hydrogen-bond acceptors (Lipinski definition) is 9. The van der Waals surface area contributed by atoms with E-state index in [9.17, 15) is 19.2 Å². The number of anilines is 1. The number of hydrogen-bond donors (Lipinski definition) is 3. The maximum absolute atomic E-state index is 13.7. The third-order valence-corrected chi connectivity index (χ3v) is 6.88. The van der Waals surface area contributed by atoms with Crippen LogP contribution < -0.4 is 21.9 Å². The summed E-state index contributed by atoms with van der Waals surface area (Å²) in [5, 5.41) is 16.6. The van der Waals surface area contributed by atoms with Crippen molar-refractivity contribution in [3.05, 3.63) is 68.8 Å². The van der Waals surface area contributed by atoms with Gasteiger partial charge in [-0.15, -0.1) is 5.92 Å². The van der Waals surface area contributed by atoms with Gasteiger partial charge in [0, 0.05) is 49.4 Å². The number of aromatic nitrogens is 6. The number of para-hydroxylation sites is 1. The molecule has 0 radical (unpaired) electrons. The molecule has 1 aliphatic heterocycles. The molecule has 1 saturated heterocycles. The van der Waals surface area contributed by atoms with Crippen molar-refractivity contribution in [3.63, 3.8) is 0 Å². The van der Waals surface area contributed by atoms with Gasteiger partial charge in [-0.25, -0.2) is 24.4 Å². The topological polar surface area (TPSA) is 191 Å². The summed E-state index contributed by atoms with van der Waals surface area (Å²) in [7, 11) is 1.63. The lowest BCUT2D eigenvalue weighted by molar-refractivity contribution is -0.134. The molecule has 5 rings (SSSR count). The number of fused-ring (bicyclic) bond motifs is 2. The van der Waals surface area contributed by atoms with E-state index in [1.54, 1.807) is 18.5 Å². The third kappa shape index (κ3) is 6.79. The molecule has 1 aliphatic rings. The van der Waals surface area contributed by atoms with Crippen molar-refractivity contribution in [3.8, 4) is 11.8 Å². The van der Waals surface area contributed by atoms with Crippen LogP contribution in [0.4, 0.5) is 5.95 Å². The smallest absolute Gasteiger partial charge is 0.332 e. The van der Waals surface area contributed by atoms with Gasteiger partial charge >= 0.3 is 17.6 Å². The van der Waals surface area contributed by atoms with Crippen molar-refractivity contribution >= 4 is 40.0 Å². The number of carboxylic acids is 2. The van der Waals surface area contributed by atoms with Crippen molar-refractivity contribution in [2.75, 3.05) is 18.0 Å². The number of nitrogens with zero attached hydrogens (tertiary/aromatic N) is 7. The molecule has 224 valence electrons. The van der Waals surface area contributed by atoms with Gasteiger partial charge in [-0.3, -0.25) is 18.5 Å². The number of carbonyl (C=O) groups is 2. The van der Waals surface area contributed by atoms with Gasteiger partial charge in [-0.2, -0.15) is 4.98 Å². The summed E-state index contributed by atoms with van der Waals surface area (Å²) in [4.78, 5) is 62.1. The molecule has 0 aliphatic carbocycles. The monoisotopic (exact) mass is 588 g/mol. The average molecular weight is 589 g/mol. The first-order chi connectivity index (χ1) is 20.5. The fourth-order valence-electron chi connectivity index (χ4n) is 4.89. The number of imidazole rings is 1. The van der Waals surface area contributed by atoms with Crippen molar-refractivity contribution in [2.24, 2.45) is 12.8 Å². The van der Waals surface area contributed by atoms with Gasteiger partial charge in [0.05, 0.1) is 18.6 Å². The standard InChI is InChI=1S/C25H28N8O2.C4H4O4/c1-4-5-13-32-21-22(29-24(32)31-12-8-9-17(26)14-31)30(3)25(35)33(23(21)34)15-20-27-16(2)18-10-6-7-11-19(18)28-20;5-3(6)1-2-4(7)8/h6-7,10-11,17H,8-9,12-15,26H2,1-3H3;1-2H,(H,5,6)(H,7,8)/b;2-1-/t17-;/m1./s1. The van der Waals surface area contributed by atoms with E-state index in [1.807, 2.05) is 31.2 Å². The van der Waals surface area contributed by atoms with Crippen molar-refractivity contribution < 1.29 is 19.8 Å². The molecule has 4 N–H and O–H groups in total. The zero-order chi connectivity index (χ0) is 31.3. The molecule has 0 spiro atoms. The number of carboxylic acid groups (broad SMARTS) is 2. The predicted octanol–water partition coefficient (Wildman–Crippen LogP) is 0.859. The second-order valence-electron chi connectivity index (χ2n) is 9.93. The average Bonchev–Trinajstić information content (AvgIpc) is 3.36. The van der Waals surface area contributed by atoms with E-state index in [4.69, 9.17) is 20.9 Å². The summed E-state index contributed by atoms with van der Waals surface area (Å²) >= 11 is 0. The van der Waals surface area contributed by atoms with Crippen LogP contribution in [0.3, 0.4) is 0 Å². The minimum Gasteiger partial charge on any atom is -0.478 e. The number of nitrogens with two attached hydrogens (primary N) is 1. The Labute approximate surface area is 245 Å². The highest BCUT2D eigenvalue weighted by Gasteiger charge is 2.26. The lowest BCUT2D eigenvalue weighted by Gasteiger charge is -2.31. The van der Waals surface area contributed by atoms with E-state index >= 15 is 0 Å². The van der Waals surface area contributed by atoms with Crippen LogP contribution >= 0.6 is 0 Å². The van der Waals surface area contributed by atoms with E-state index in [0.29, 0.717) is 41.6 Å². The molecule has 43 heavy (non-hydrogen) atoms. The summed E-state index contributed by atoms with van der Waals surface area (Å²) in [6.07, 6.45) is 3.00. The number of rotatable bonds is 6. The zero-order valence-electron chi connectivity index (χ0n) is 24.0. The van der Waals surface area contributed by atoms with E-state index in [0.717, 1.165) is 36.0 Å². The van der Waals surface area contributed by atoms with Crippen molar-refractivity contribution in [1.82, 2.24) is 28.7 Å². The number of aliphatic carboxylic acids is 2. The summed E-state index contributed by atoms with van der Waals surface area (Å²) in [6.45, 7) is 5.31. The molecule has 1 aromatic carbocycles. The van der Waals surface area contributed by atoms with Crippen LogP contribution in [0.1, 0.15) is 31.3 Å². The fraction of sp³-hybridized carbons (Fsp3) is 0.345. The largest absolute Gasteiger partial charge is 0.478 e. The first-order valence-corrected chi connectivity index (χ1v) is 13.5. The maximum atomic E-state index is 13.7. The maximum Gasteiger partial charge on any atom is 0.332 e. The van der Waals surface area contributed by atoms with E-state index in [1.165, 1.54) is 9.13 Å². The molecule has 4 heterocycles. The Morgan fingerprint density at radius 3 is 2.44 bits per heavy atom. The first-order valence-electron chi connectivity index (χ1n) is 13.5. The van der Waals surface area contributed by atoms with Crippen LogP contribution in [0.25, 0.3) is 22.1 Å². The van der Waals surface area contributed by atoms with Crippen molar-refractivity contribution in [1.29, 1.82) is 0 Å². The highest BCUT2D eigenvalue weighted by atomic mass is 16.4. The van der Waals surface area contributed by atoms with Crippen LogP contribution in [0.2, 0.25) is 0 Å². The van der Waals surface area contributed by atoms with Gasteiger partial charge in [-0.05, 0) is 32.8 Å². The number of aryl methyl sites for hydroxylation is 2. The highest BCUT2D eigenvalue weighted by molar-refractivity contribution is 5.89. The van der Waals surface area contributed by atoms with Crippen LogP contribution in [-0.4, -0.2) is 69.9 Å². The number of piperidine rings is 1. The van der Waals surface area contributed by atoms with Gasteiger partial charge in [-0.1, -0.05) is 24.1 Å². The second-order valence-corrected chi connectivity index (χ2v) is 9.93. The van der Waals surface area contributed by atoms with Gasteiger partial charge in [0.15, 0.2) is 11.2 Å². The number of benzene rings is 1. The van der Waals surface area contributed by atoms with Crippen LogP contribution in [-0.2, 0) is 29.7 Å². The Hall–Kier alpha value is -5.29. The normalized spacial score (nSPS) is 14.8. The lowest BCUT2D eigenvalue weighted by Crippen LogP contribution is -2.44. The molecule has 0 amide bonds. The molecular formula is C29H32N8O6. The highest BCUT2D eigenvalue weighted by Crippen LogP contribution is 2.23. The molecule has 0 bridgehead atoms. The van der Waals surface area contributed by atoms with Gasteiger partial charge in [0.2, 0.25) is 5.95 Å². The molecule has 3 aromatic heterocycles. The van der Waals surface area contributed by atoms with Crippen LogP contribution in [0, 0.1) is 18.8 Å². The minimum absolute atomic E-state index is 0.0306. The summed E-state index contributed by atoms with van der Waals surface area (Å²) < 4.78 is 4.39. The third-order valence-electron chi connectivity index (χ3n) is 6.88. The SMILES string of the molecule is CC#CCn1c(N2CCC[C@@H](N)C2)nc2c1c(=O)n(Cc1nc(C)c3ccccc3n1)c(=O)n2C.O=C(O)/C=C\C(=O)O. The van der Waals surface area contributed by atoms with Crippen molar-refractivity contribution in [2.45, 2.75) is 45.8 Å². The van der Waals surface area contributed by atoms with Crippen LogP contribution in [0.5, 0.6) is 0 Å². The molecule has 1 atom stereocenters. The Kier molecular flexibility index (Phi) is 9.36. The molecule has 14 nitrogen and oxygen atoms in total. The fourth-order valence-corrected chi connectivity index (χ4v) is 4.89. The van der Waals surface area contributed by atoms with Gasteiger partial charge in [0.25, 0.3) is 5.56 Å². The molecule has 4 aromatic rings. The Morgan fingerprint density at radius 1 is 1.09 bits per heavy atom. The lowest BCUT2D eigenvalue weighted by atomic mass is 10.1. The molecule has 0 unspecified atom stereocenters. The Bertz CT molecular complexity index is 1890. The first kappa shape index (κ1) is 30.7. The molecule has 0 saturated carbocycles. The van der Waals surface area contributed by atoms with E-state index < -0.39 is 23.2 Å². The summed E-state index contributed by atoms with van der Waals surface area (Å²) in [5.41, 5.74) is 7.54.